The van der Waals surface area contributed by atoms with Gasteiger partial charge in [0.15, 0.2) is 0 Å². The summed E-state index contributed by atoms with van der Waals surface area (Å²) in [6.45, 7) is 1.82. The molecule has 0 atom stereocenters. The minimum atomic E-state index is -1.06. The van der Waals surface area contributed by atoms with Crippen LogP contribution in [0.25, 0.3) is 0 Å². The third kappa shape index (κ3) is 3.52. The predicted molar refractivity (Wildman–Crippen MR) is 52.8 cm³/mol. The zero-order chi connectivity index (χ0) is 11.1. The van der Waals surface area contributed by atoms with E-state index in [1.807, 2.05) is 6.92 Å². The van der Waals surface area contributed by atoms with Crippen LogP contribution in [0, 0.1) is 5.41 Å². The van der Waals surface area contributed by atoms with Gasteiger partial charge < -0.3 is 10.5 Å². The minimum absolute atomic E-state index is 0.392. The van der Waals surface area contributed by atoms with Gasteiger partial charge in [0.1, 0.15) is 0 Å². The number of urea groups is 2. The number of ether oxygens (including phenoxy) is 1. The molecule has 0 saturated heterocycles. The normalized spacial score (nSPS) is 9.00. The second-order valence-electron chi connectivity index (χ2n) is 2.02. The fraction of sp³-hybridized carbons (Fsp3) is 0.500. The summed E-state index contributed by atoms with van der Waals surface area (Å²) >= 11 is 1.09. The van der Waals surface area contributed by atoms with Gasteiger partial charge in [0.25, 0.3) is 0 Å². The highest BCUT2D eigenvalue weighted by molar-refractivity contribution is 7.97. The molecule has 4 N–H and O–H groups in total. The molecule has 0 radical (unpaired) electrons. The van der Waals surface area contributed by atoms with Crippen molar-refractivity contribution in [1.29, 1.82) is 5.41 Å². The Morgan fingerprint density at radius 2 is 2.21 bits per heavy atom. The number of amides is 4. The maximum absolute atomic E-state index is 11.2. The Hall–Kier alpha value is -1.44. The van der Waals surface area contributed by atoms with Crippen molar-refractivity contribution in [2.24, 2.45) is 5.73 Å². The molecule has 14 heavy (non-hydrogen) atoms. The summed E-state index contributed by atoms with van der Waals surface area (Å²) in [6.07, 6.45) is 0. The SMILES string of the molecule is CCSNC(=O)N(C(=N)OC)C(N)=O. The van der Waals surface area contributed by atoms with Gasteiger partial charge in [-0.25, -0.2) is 9.59 Å². The highest BCUT2D eigenvalue weighted by Crippen LogP contribution is 1.97. The Kier molecular flexibility index (Phi) is 5.46. The van der Waals surface area contributed by atoms with E-state index in [0.29, 0.717) is 10.7 Å². The number of nitrogens with one attached hydrogen (secondary N) is 2. The quantitative estimate of drug-likeness (QED) is 0.354. The lowest BCUT2D eigenvalue weighted by Gasteiger charge is -2.16. The van der Waals surface area contributed by atoms with Gasteiger partial charge in [-0.2, -0.15) is 4.90 Å². The average molecular weight is 220 g/mol. The van der Waals surface area contributed by atoms with Gasteiger partial charge in [0.05, 0.1) is 7.11 Å². The first kappa shape index (κ1) is 12.6. The largest absolute Gasteiger partial charge is 0.468 e. The molecule has 0 spiro atoms. The van der Waals surface area contributed by atoms with Gasteiger partial charge in [-0.05, 0) is 11.9 Å². The van der Waals surface area contributed by atoms with Crippen LogP contribution >= 0.6 is 11.9 Å². The number of amidine groups is 1. The highest BCUT2D eigenvalue weighted by atomic mass is 32.2. The molecule has 0 aromatic rings. The number of rotatable bonds is 2. The molecule has 7 nitrogen and oxygen atoms in total. The van der Waals surface area contributed by atoms with Crippen LogP contribution in [-0.2, 0) is 4.74 Å². The average Bonchev–Trinajstić information content (AvgIpc) is 2.14. The van der Waals surface area contributed by atoms with E-state index in [1.54, 1.807) is 0 Å². The van der Waals surface area contributed by atoms with Crippen LogP contribution in [-0.4, -0.2) is 35.8 Å². The van der Waals surface area contributed by atoms with Crippen LogP contribution in [0.15, 0.2) is 0 Å². The molecule has 0 aliphatic carbocycles. The number of methoxy groups -OCH3 is 1. The number of carbonyl (C=O) groups excluding carboxylic acids is 2. The number of imide groups is 1. The Morgan fingerprint density at radius 1 is 1.64 bits per heavy atom. The molecule has 0 fully saturated rings. The Bertz CT molecular complexity index is 245. The lowest BCUT2D eigenvalue weighted by atomic mass is 10.7. The molecule has 0 rings (SSSR count). The van der Waals surface area contributed by atoms with E-state index in [0.717, 1.165) is 11.9 Å². The lowest BCUT2D eigenvalue weighted by Crippen LogP contribution is -2.48. The molecule has 80 valence electrons. The zero-order valence-electron chi connectivity index (χ0n) is 7.86. The van der Waals surface area contributed by atoms with Gasteiger partial charge in [-0.3, -0.25) is 10.1 Å². The lowest BCUT2D eigenvalue weighted by molar-refractivity contribution is 0.203. The van der Waals surface area contributed by atoms with Gasteiger partial charge in [0.2, 0.25) is 0 Å². The van der Waals surface area contributed by atoms with E-state index in [2.05, 4.69) is 9.46 Å². The molecule has 0 aliphatic heterocycles. The number of nitrogens with zero attached hydrogens (tertiary/aromatic N) is 1. The van der Waals surface area contributed by atoms with E-state index in [-0.39, 0.29) is 0 Å². The Labute approximate surface area is 85.6 Å². The molecular formula is C6H12N4O3S. The molecule has 0 aliphatic rings. The van der Waals surface area contributed by atoms with Gasteiger partial charge in [-0.1, -0.05) is 6.92 Å². The second kappa shape index (κ2) is 6.08. The first-order chi connectivity index (χ1) is 6.54. The van der Waals surface area contributed by atoms with Crippen molar-refractivity contribution in [3.05, 3.63) is 0 Å². The Balaban J connectivity index is 4.42. The molecule has 0 aromatic carbocycles. The predicted octanol–water partition coefficient (Wildman–Crippen LogP) is 0.326. The summed E-state index contributed by atoms with van der Waals surface area (Å²) in [5.74, 6) is 0.638. The van der Waals surface area contributed by atoms with Gasteiger partial charge >= 0.3 is 18.1 Å². The first-order valence-corrected chi connectivity index (χ1v) is 4.67. The van der Waals surface area contributed by atoms with Crippen molar-refractivity contribution in [2.75, 3.05) is 12.9 Å². The second-order valence-corrected chi connectivity index (χ2v) is 3.09. The summed E-state index contributed by atoms with van der Waals surface area (Å²) in [6, 6.07) is -2.48. The van der Waals surface area contributed by atoms with E-state index in [4.69, 9.17) is 11.1 Å². The van der Waals surface area contributed by atoms with Crippen LogP contribution in [0.5, 0.6) is 0 Å². The monoisotopic (exact) mass is 220 g/mol. The molecule has 0 aromatic heterocycles. The smallest absolute Gasteiger partial charge is 0.343 e. The zero-order valence-corrected chi connectivity index (χ0v) is 8.68. The van der Waals surface area contributed by atoms with Crippen molar-refractivity contribution in [3.63, 3.8) is 0 Å². The van der Waals surface area contributed by atoms with Crippen molar-refractivity contribution < 1.29 is 14.3 Å². The van der Waals surface area contributed by atoms with Crippen LogP contribution in [0.4, 0.5) is 9.59 Å². The molecular weight excluding hydrogens is 208 g/mol. The van der Waals surface area contributed by atoms with Crippen LogP contribution < -0.4 is 10.5 Å². The molecule has 0 heterocycles. The van der Waals surface area contributed by atoms with Crippen LogP contribution in [0.2, 0.25) is 0 Å². The third-order valence-corrected chi connectivity index (χ3v) is 1.73. The fourth-order valence-electron chi connectivity index (χ4n) is 0.563. The van der Waals surface area contributed by atoms with E-state index >= 15 is 0 Å². The number of hydrogen-bond donors (Lipinski definition) is 3. The van der Waals surface area contributed by atoms with Crippen LogP contribution in [0.3, 0.4) is 0 Å². The standard InChI is InChI=1S/C6H12N4O3S/c1-3-14-9-6(12)10(4(7)11)5(8)13-2/h8H,3H2,1-2H3,(H2,7,11)(H,9,12). The highest BCUT2D eigenvalue weighted by Gasteiger charge is 2.24. The molecule has 8 heteroatoms. The minimum Gasteiger partial charge on any atom is -0.468 e. The first-order valence-electron chi connectivity index (χ1n) is 3.68. The number of carbonyl (C=O) groups is 2. The van der Waals surface area contributed by atoms with Crippen molar-refractivity contribution in [3.8, 4) is 0 Å². The topological polar surface area (TPSA) is 109 Å². The summed E-state index contributed by atoms with van der Waals surface area (Å²) in [5.41, 5.74) is 4.88. The Morgan fingerprint density at radius 3 is 2.57 bits per heavy atom. The number of nitrogens with two attached hydrogens (primary N) is 1. The summed E-state index contributed by atoms with van der Waals surface area (Å²) < 4.78 is 6.72. The fourth-order valence-corrected chi connectivity index (χ4v) is 0.922. The van der Waals surface area contributed by atoms with Gasteiger partial charge in [0, 0.05) is 5.75 Å². The molecule has 0 unspecified atom stereocenters. The van der Waals surface area contributed by atoms with Gasteiger partial charge in [-0.15, -0.1) is 0 Å². The molecule has 4 amide bonds. The molecule has 0 saturated carbocycles. The maximum atomic E-state index is 11.2. The third-order valence-electron chi connectivity index (χ3n) is 1.12. The van der Waals surface area contributed by atoms with E-state index in [1.165, 1.54) is 7.11 Å². The summed E-state index contributed by atoms with van der Waals surface area (Å²) in [4.78, 5) is 22.4. The number of primary amides is 1. The maximum Gasteiger partial charge on any atom is 0.343 e. The molecule has 0 bridgehead atoms. The van der Waals surface area contributed by atoms with Crippen molar-refractivity contribution in [2.45, 2.75) is 6.92 Å². The van der Waals surface area contributed by atoms with Crippen LogP contribution in [0.1, 0.15) is 6.92 Å². The van der Waals surface area contributed by atoms with E-state index in [9.17, 15) is 9.59 Å². The van der Waals surface area contributed by atoms with E-state index < -0.39 is 18.1 Å². The van der Waals surface area contributed by atoms with Crippen molar-refractivity contribution >= 4 is 30.0 Å². The summed E-state index contributed by atoms with van der Waals surface area (Å²) in [5, 5.41) is 7.12. The number of hydrogen-bond acceptors (Lipinski definition) is 5. The summed E-state index contributed by atoms with van der Waals surface area (Å²) in [7, 11) is 1.17. The van der Waals surface area contributed by atoms with Crippen molar-refractivity contribution in [1.82, 2.24) is 9.62 Å².